The monoisotopic (exact) mass is 415 g/mol. The van der Waals surface area contributed by atoms with Crippen molar-refractivity contribution in [3.63, 3.8) is 0 Å². The van der Waals surface area contributed by atoms with Crippen LogP contribution in [-0.2, 0) is 11.3 Å². The third kappa shape index (κ3) is 7.84. The van der Waals surface area contributed by atoms with E-state index in [-0.39, 0.29) is 12.4 Å². The molecule has 0 radical (unpaired) electrons. The first-order valence-corrected chi connectivity index (χ1v) is 9.96. The van der Waals surface area contributed by atoms with Crippen molar-refractivity contribution in [3.05, 3.63) is 52.7 Å². The van der Waals surface area contributed by atoms with Crippen LogP contribution in [0.25, 0.3) is 10.9 Å². The number of aromatic nitrogens is 1. The molecule has 0 spiro atoms. The van der Waals surface area contributed by atoms with Crippen LogP contribution < -0.4 is 17.0 Å². The minimum atomic E-state index is 0. The van der Waals surface area contributed by atoms with Gasteiger partial charge in [0.1, 0.15) is 0 Å². The number of halogens is 3. The van der Waals surface area contributed by atoms with Crippen LogP contribution in [0.1, 0.15) is 45.4 Å². The predicted octanol–water partition coefficient (Wildman–Crippen LogP) is 3.20. The molecule has 0 unspecified atom stereocenters. The Hall–Kier alpha value is -0.800. The summed E-state index contributed by atoms with van der Waals surface area (Å²) in [5, 5.41) is 2.56. The summed E-state index contributed by atoms with van der Waals surface area (Å²) < 4.78 is 7.79. The molecule has 0 bridgehead atoms. The topological polar surface area (TPSA) is 13.1 Å². The number of hydrogen-bond acceptors (Lipinski definition) is 1. The first-order valence-electron chi connectivity index (χ1n) is 9.20. The van der Waals surface area contributed by atoms with E-state index in [0.29, 0.717) is 29.6 Å². The van der Waals surface area contributed by atoms with Crippen LogP contribution in [0.5, 0.6) is 0 Å². The van der Waals surface area contributed by atoms with Crippen molar-refractivity contribution in [2.75, 3.05) is 13.2 Å². The number of para-hydroxylation sites is 1. The van der Waals surface area contributed by atoms with Gasteiger partial charge in [-0.15, -0.1) is 0 Å². The van der Waals surface area contributed by atoms with E-state index < -0.39 is 0 Å². The van der Waals surface area contributed by atoms with Crippen molar-refractivity contribution in [2.24, 2.45) is 0 Å². The van der Waals surface area contributed by atoms with E-state index in [1.54, 1.807) is 0 Å². The molecule has 0 fully saturated rings. The molecule has 0 atom stereocenters. The van der Waals surface area contributed by atoms with E-state index >= 15 is 0 Å². The second kappa shape index (κ2) is 13.4. The lowest BCUT2D eigenvalue weighted by Crippen LogP contribution is -3.00. The maximum Gasteiger partial charge on any atom is 0.212 e. The van der Waals surface area contributed by atoms with Gasteiger partial charge in [0.25, 0.3) is 0 Å². The minimum absolute atomic E-state index is 0. The number of rotatable bonds is 11. The van der Waals surface area contributed by atoms with E-state index in [0.717, 1.165) is 18.5 Å². The zero-order chi connectivity index (χ0) is 17.9. The molecule has 0 aliphatic rings. The molecule has 0 aliphatic carbocycles. The van der Waals surface area contributed by atoms with Gasteiger partial charge in [-0.25, -0.2) is 0 Å². The molecule has 0 saturated carbocycles. The predicted molar refractivity (Wildman–Crippen MR) is 107 cm³/mol. The van der Waals surface area contributed by atoms with Gasteiger partial charge in [-0.1, -0.05) is 67.9 Å². The Morgan fingerprint density at radius 2 is 1.65 bits per heavy atom. The molecule has 2 rings (SSSR count). The lowest BCUT2D eigenvalue weighted by Gasteiger charge is -2.06. The average Bonchev–Trinajstić information content (AvgIpc) is 2.64. The SMILES string of the molecule is CCCCCCCOCCC(Cl)=C(Cl)C[n+]1cccc2ccccc21.[Cl-]. The van der Waals surface area contributed by atoms with Crippen LogP contribution in [0.2, 0.25) is 0 Å². The molecule has 1 aromatic carbocycles. The minimum Gasteiger partial charge on any atom is -1.00 e. The maximum atomic E-state index is 6.43. The summed E-state index contributed by atoms with van der Waals surface area (Å²) in [6.07, 6.45) is 8.96. The van der Waals surface area contributed by atoms with E-state index in [2.05, 4.69) is 29.7 Å². The van der Waals surface area contributed by atoms with Gasteiger partial charge in [0.2, 0.25) is 5.52 Å². The summed E-state index contributed by atoms with van der Waals surface area (Å²) in [6.45, 7) is 4.25. The molecule has 144 valence electrons. The zero-order valence-electron chi connectivity index (χ0n) is 15.4. The fourth-order valence-electron chi connectivity index (χ4n) is 2.80. The van der Waals surface area contributed by atoms with Crippen LogP contribution in [0.4, 0.5) is 0 Å². The Labute approximate surface area is 173 Å². The standard InChI is InChI=1S/C21H28Cl2NO.ClH/c1-2-3-4-5-8-15-25-16-13-19(22)20(23)17-24-14-9-11-18-10-6-7-12-21(18)24;/h6-7,9-12,14H,2-5,8,13,15-17H2,1H3;1H/q+1;/p-1. The highest BCUT2D eigenvalue weighted by Crippen LogP contribution is 2.19. The highest BCUT2D eigenvalue weighted by molar-refractivity contribution is 6.39. The summed E-state index contributed by atoms with van der Waals surface area (Å²) in [6, 6.07) is 12.4. The molecule has 0 aliphatic heterocycles. The maximum absolute atomic E-state index is 6.43. The van der Waals surface area contributed by atoms with Gasteiger partial charge in [0, 0.05) is 35.6 Å². The van der Waals surface area contributed by atoms with Gasteiger partial charge in [0.15, 0.2) is 12.7 Å². The third-order valence-corrected chi connectivity index (χ3v) is 5.11. The smallest absolute Gasteiger partial charge is 0.212 e. The number of pyridine rings is 1. The van der Waals surface area contributed by atoms with Gasteiger partial charge in [-0.3, -0.25) is 0 Å². The number of ether oxygens (including phenoxy) is 1. The lowest BCUT2D eigenvalue weighted by atomic mass is 10.2. The van der Waals surface area contributed by atoms with Gasteiger partial charge >= 0.3 is 0 Å². The molecule has 1 heterocycles. The Morgan fingerprint density at radius 3 is 2.46 bits per heavy atom. The first-order chi connectivity index (χ1) is 12.2. The van der Waals surface area contributed by atoms with E-state index in [1.165, 1.54) is 31.1 Å². The number of benzene rings is 1. The molecule has 0 saturated heterocycles. The summed E-state index contributed by atoms with van der Waals surface area (Å²) in [5.41, 5.74) is 1.15. The summed E-state index contributed by atoms with van der Waals surface area (Å²) in [4.78, 5) is 0. The van der Waals surface area contributed by atoms with Gasteiger partial charge in [-0.05, 0) is 18.6 Å². The van der Waals surface area contributed by atoms with E-state index in [4.69, 9.17) is 27.9 Å². The van der Waals surface area contributed by atoms with Crippen molar-refractivity contribution in [2.45, 2.75) is 52.0 Å². The quantitative estimate of drug-likeness (QED) is 0.405. The second-order valence-electron chi connectivity index (χ2n) is 6.28. The Morgan fingerprint density at radius 1 is 0.923 bits per heavy atom. The molecule has 1 aromatic heterocycles. The number of fused-ring (bicyclic) bond motifs is 1. The van der Waals surface area contributed by atoms with Crippen LogP contribution >= 0.6 is 23.2 Å². The number of hydrogen-bond donors (Lipinski definition) is 0. The van der Waals surface area contributed by atoms with E-state index in [1.807, 2.05) is 24.4 Å². The average molecular weight is 417 g/mol. The van der Waals surface area contributed by atoms with Crippen LogP contribution in [-0.4, -0.2) is 13.2 Å². The van der Waals surface area contributed by atoms with Crippen LogP contribution in [0, 0.1) is 0 Å². The molecular formula is C21H28Cl3NO. The van der Waals surface area contributed by atoms with Crippen LogP contribution in [0.15, 0.2) is 52.7 Å². The molecule has 2 aromatic rings. The van der Waals surface area contributed by atoms with Gasteiger partial charge in [-0.2, -0.15) is 4.57 Å². The molecule has 26 heavy (non-hydrogen) atoms. The number of nitrogens with zero attached hydrogens (tertiary/aromatic N) is 1. The highest BCUT2D eigenvalue weighted by atomic mass is 35.5. The third-order valence-electron chi connectivity index (χ3n) is 4.25. The fraction of sp³-hybridized carbons (Fsp3) is 0.476. The van der Waals surface area contributed by atoms with Gasteiger partial charge < -0.3 is 17.1 Å². The fourth-order valence-corrected chi connectivity index (χ4v) is 3.16. The highest BCUT2D eigenvalue weighted by Gasteiger charge is 2.12. The van der Waals surface area contributed by atoms with Crippen LogP contribution in [0.3, 0.4) is 0 Å². The lowest BCUT2D eigenvalue weighted by molar-refractivity contribution is -0.662. The van der Waals surface area contributed by atoms with Crippen molar-refractivity contribution in [3.8, 4) is 0 Å². The summed E-state index contributed by atoms with van der Waals surface area (Å²) in [7, 11) is 0. The Balaban J connectivity index is 0.00000338. The molecule has 2 nitrogen and oxygen atoms in total. The van der Waals surface area contributed by atoms with E-state index in [9.17, 15) is 0 Å². The molecular weight excluding hydrogens is 389 g/mol. The van der Waals surface area contributed by atoms with Gasteiger partial charge in [0.05, 0.1) is 11.6 Å². The summed E-state index contributed by atoms with van der Waals surface area (Å²) in [5.74, 6) is 0. The Kier molecular flexibility index (Phi) is 12.0. The van der Waals surface area contributed by atoms with Crippen molar-refractivity contribution < 1.29 is 21.7 Å². The molecule has 0 amide bonds. The number of unbranched alkanes of at least 4 members (excludes halogenated alkanes) is 4. The second-order valence-corrected chi connectivity index (χ2v) is 7.19. The van der Waals surface area contributed by atoms with Crippen molar-refractivity contribution in [1.29, 1.82) is 0 Å². The van der Waals surface area contributed by atoms with Crippen molar-refractivity contribution >= 4 is 34.1 Å². The zero-order valence-corrected chi connectivity index (χ0v) is 17.7. The van der Waals surface area contributed by atoms with Crippen molar-refractivity contribution in [1.82, 2.24) is 0 Å². The summed E-state index contributed by atoms with van der Waals surface area (Å²) >= 11 is 12.8. The first kappa shape index (κ1) is 23.2. The Bertz CT molecular complexity index is 683. The number of allylic oxidation sites excluding steroid dienone is 1. The molecule has 0 N–H and O–H groups in total. The largest absolute Gasteiger partial charge is 1.00 e. The normalized spacial score (nSPS) is 12.0. The molecule has 5 heteroatoms.